The first-order valence-electron chi connectivity index (χ1n) is 6.93. The van der Waals surface area contributed by atoms with Crippen molar-refractivity contribution in [3.8, 4) is 5.75 Å². The van der Waals surface area contributed by atoms with E-state index in [0.717, 1.165) is 39.6 Å². The number of hydrogen-bond donors (Lipinski definition) is 3. The molecule has 5 heteroatoms. The third-order valence-corrected chi connectivity index (χ3v) is 4.04. The van der Waals surface area contributed by atoms with E-state index in [1.807, 2.05) is 36.4 Å². The smallest absolute Gasteiger partial charge is 0.125 e. The fourth-order valence-corrected chi connectivity index (χ4v) is 3.07. The van der Waals surface area contributed by atoms with E-state index in [9.17, 15) is 0 Å². The summed E-state index contributed by atoms with van der Waals surface area (Å²) < 4.78 is 5.74. The molecule has 3 rings (SSSR count). The van der Waals surface area contributed by atoms with E-state index in [-0.39, 0.29) is 6.04 Å². The summed E-state index contributed by atoms with van der Waals surface area (Å²) in [5, 5.41) is 0.728. The van der Waals surface area contributed by atoms with E-state index in [2.05, 4.69) is 5.43 Å². The van der Waals surface area contributed by atoms with Crippen LogP contribution in [0.1, 0.15) is 22.7 Å². The van der Waals surface area contributed by atoms with Gasteiger partial charge in [0.05, 0.1) is 12.6 Å². The number of nitrogen functional groups attached to an aromatic ring is 1. The molecule has 0 saturated heterocycles. The largest absolute Gasteiger partial charge is 0.493 e. The second-order valence-corrected chi connectivity index (χ2v) is 5.64. The number of fused-ring (bicyclic) bond motifs is 1. The zero-order chi connectivity index (χ0) is 14.8. The van der Waals surface area contributed by atoms with Crippen LogP contribution in [0.15, 0.2) is 36.4 Å². The molecule has 0 radical (unpaired) electrons. The van der Waals surface area contributed by atoms with Gasteiger partial charge < -0.3 is 10.5 Å². The fraction of sp³-hybridized carbons (Fsp3) is 0.250. The summed E-state index contributed by atoms with van der Waals surface area (Å²) in [5.74, 6) is 6.66. The molecule has 0 spiro atoms. The average molecular weight is 304 g/mol. The molecule has 110 valence electrons. The molecule has 5 N–H and O–H groups in total. The van der Waals surface area contributed by atoms with E-state index >= 15 is 0 Å². The third-order valence-electron chi connectivity index (χ3n) is 3.82. The molecule has 1 aliphatic rings. The number of halogens is 1. The monoisotopic (exact) mass is 303 g/mol. The predicted octanol–water partition coefficient (Wildman–Crippen LogP) is 2.60. The Labute approximate surface area is 129 Å². The molecule has 0 saturated carbocycles. The molecule has 2 aromatic carbocycles. The normalized spacial score (nSPS) is 14.6. The SMILES string of the molecule is NNC(Cc1cc(Cl)cc2c1OCC2)c1ccccc1N. The molecule has 1 heterocycles. The van der Waals surface area contributed by atoms with Crippen molar-refractivity contribution in [3.63, 3.8) is 0 Å². The first kappa shape index (κ1) is 14.2. The van der Waals surface area contributed by atoms with Crippen molar-refractivity contribution >= 4 is 17.3 Å². The Balaban J connectivity index is 1.94. The molecule has 1 aliphatic heterocycles. The zero-order valence-electron chi connectivity index (χ0n) is 11.6. The Morgan fingerprint density at radius 2 is 2.10 bits per heavy atom. The van der Waals surface area contributed by atoms with Crippen LogP contribution in [0, 0.1) is 0 Å². The summed E-state index contributed by atoms with van der Waals surface area (Å²) in [6.45, 7) is 0.705. The van der Waals surface area contributed by atoms with Gasteiger partial charge in [-0.05, 0) is 41.3 Å². The molecule has 4 nitrogen and oxygen atoms in total. The molecule has 0 aromatic heterocycles. The lowest BCUT2D eigenvalue weighted by atomic mass is 9.96. The van der Waals surface area contributed by atoms with Crippen LogP contribution in [0.3, 0.4) is 0 Å². The summed E-state index contributed by atoms with van der Waals surface area (Å²) in [4.78, 5) is 0. The number of rotatable bonds is 4. The Hall–Kier alpha value is -1.75. The van der Waals surface area contributed by atoms with E-state index in [1.54, 1.807) is 0 Å². The third kappa shape index (κ3) is 2.83. The summed E-state index contributed by atoms with van der Waals surface area (Å²) in [6, 6.07) is 11.5. The van der Waals surface area contributed by atoms with Crippen molar-refractivity contribution < 1.29 is 4.74 Å². The number of nitrogens with two attached hydrogens (primary N) is 2. The van der Waals surface area contributed by atoms with Gasteiger partial charge in [0.1, 0.15) is 5.75 Å². The first-order valence-corrected chi connectivity index (χ1v) is 7.31. The number of ether oxygens (including phenoxy) is 1. The van der Waals surface area contributed by atoms with Crippen molar-refractivity contribution in [1.82, 2.24) is 5.43 Å². The highest BCUT2D eigenvalue weighted by molar-refractivity contribution is 6.30. The highest BCUT2D eigenvalue weighted by Crippen LogP contribution is 2.35. The number of hydrogen-bond acceptors (Lipinski definition) is 4. The summed E-state index contributed by atoms with van der Waals surface area (Å²) >= 11 is 6.20. The van der Waals surface area contributed by atoms with Crippen LogP contribution < -0.4 is 21.7 Å². The quantitative estimate of drug-likeness (QED) is 0.461. The highest BCUT2D eigenvalue weighted by Gasteiger charge is 2.21. The summed E-state index contributed by atoms with van der Waals surface area (Å²) in [7, 11) is 0. The van der Waals surface area contributed by atoms with Crippen molar-refractivity contribution in [3.05, 3.63) is 58.1 Å². The lowest BCUT2D eigenvalue weighted by molar-refractivity contribution is 0.351. The second-order valence-electron chi connectivity index (χ2n) is 5.20. The van der Waals surface area contributed by atoms with Gasteiger partial charge in [-0.2, -0.15) is 0 Å². The average Bonchev–Trinajstić information content (AvgIpc) is 2.93. The summed E-state index contributed by atoms with van der Waals surface area (Å²) in [5.41, 5.74) is 12.8. The maximum Gasteiger partial charge on any atom is 0.125 e. The van der Waals surface area contributed by atoms with Gasteiger partial charge >= 0.3 is 0 Å². The van der Waals surface area contributed by atoms with E-state index in [4.69, 9.17) is 27.9 Å². The lowest BCUT2D eigenvalue weighted by Crippen LogP contribution is -2.30. The number of hydrazine groups is 1. The molecular formula is C16H18ClN3O. The van der Waals surface area contributed by atoms with Gasteiger partial charge in [-0.25, -0.2) is 0 Å². The molecule has 2 aromatic rings. The van der Waals surface area contributed by atoms with E-state index < -0.39 is 0 Å². The highest BCUT2D eigenvalue weighted by atomic mass is 35.5. The second kappa shape index (κ2) is 5.93. The van der Waals surface area contributed by atoms with Crippen LogP contribution in [0.5, 0.6) is 5.75 Å². The van der Waals surface area contributed by atoms with E-state index in [0.29, 0.717) is 13.0 Å². The zero-order valence-corrected chi connectivity index (χ0v) is 12.4. The van der Waals surface area contributed by atoms with Crippen molar-refractivity contribution in [2.45, 2.75) is 18.9 Å². The number of benzene rings is 2. The van der Waals surface area contributed by atoms with Crippen LogP contribution in [0.25, 0.3) is 0 Å². The van der Waals surface area contributed by atoms with Crippen LogP contribution in [0.4, 0.5) is 5.69 Å². The van der Waals surface area contributed by atoms with Gasteiger partial charge in [0, 0.05) is 17.1 Å². The maximum atomic E-state index is 6.20. The van der Waals surface area contributed by atoms with Crippen LogP contribution in [-0.2, 0) is 12.8 Å². The minimum Gasteiger partial charge on any atom is -0.493 e. The van der Waals surface area contributed by atoms with Crippen molar-refractivity contribution in [2.75, 3.05) is 12.3 Å². The molecule has 0 aliphatic carbocycles. The molecule has 0 bridgehead atoms. The van der Waals surface area contributed by atoms with Gasteiger partial charge in [0.15, 0.2) is 0 Å². The van der Waals surface area contributed by atoms with Crippen LogP contribution in [0.2, 0.25) is 5.02 Å². The fourth-order valence-electron chi connectivity index (χ4n) is 2.80. The Bertz CT molecular complexity index is 660. The molecular weight excluding hydrogens is 286 g/mol. The van der Waals surface area contributed by atoms with Crippen molar-refractivity contribution in [2.24, 2.45) is 5.84 Å². The molecule has 1 atom stereocenters. The van der Waals surface area contributed by atoms with Crippen LogP contribution in [-0.4, -0.2) is 6.61 Å². The van der Waals surface area contributed by atoms with Gasteiger partial charge in [-0.15, -0.1) is 0 Å². The topological polar surface area (TPSA) is 73.3 Å². The molecule has 0 amide bonds. The maximum absolute atomic E-state index is 6.20. The number of para-hydroxylation sites is 1. The standard InChI is InChI=1S/C16H18ClN3O/c17-12-7-10-5-6-21-16(10)11(8-12)9-15(20-19)13-3-1-2-4-14(13)18/h1-4,7-8,15,20H,5-6,9,18-19H2. The van der Waals surface area contributed by atoms with Crippen LogP contribution >= 0.6 is 11.6 Å². The first-order chi connectivity index (χ1) is 10.2. The van der Waals surface area contributed by atoms with Gasteiger partial charge in [-0.3, -0.25) is 11.3 Å². The lowest BCUT2D eigenvalue weighted by Gasteiger charge is -2.19. The van der Waals surface area contributed by atoms with E-state index in [1.165, 1.54) is 0 Å². The predicted molar refractivity (Wildman–Crippen MR) is 85.3 cm³/mol. The van der Waals surface area contributed by atoms with Crippen molar-refractivity contribution in [1.29, 1.82) is 0 Å². The number of nitrogens with one attached hydrogen (secondary N) is 1. The molecule has 1 unspecified atom stereocenters. The van der Waals surface area contributed by atoms with Gasteiger partial charge in [0.2, 0.25) is 0 Å². The van der Waals surface area contributed by atoms with Gasteiger partial charge in [-0.1, -0.05) is 29.8 Å². The number of anilines is 1. The summed E-state index contributed by atoms with van der Waals surface area (Å²) in [6.07, 6.45) is 1.57. The minimum absolute atomic E-state index is 0.0852. The Morgan fingerprint density at radius 1 is 1.29 bits per heavy atom. The Morgan fingerprint density at radius 3 is 2.86 bits per heavy atom. The molecule has 21 heavy (non-hydrogen) atoms. The Kier molecular flexibility index (Phi) is 4.01. The van der Waals surface area contributed by atoms with Gasteiger partial charge in [0.25, 0.3) is 0 Å². The minimum atomic E-state index is -0.0852. The molecule has 0 fully saturated rings.